The summed E-state index contributed by atoms with van der Waals surface area (Å²) in [4.78, 5) is 0. The normalized spacial score (nSPS) is 10.0. The largest absolute Gasteiger partial charge is 0.313 e. The van der Waals surface area contributed by atoms with Gasteiger partial charge in [-0.25, -0.2) is 0 Å². The van der Waals surface area contributed by atoms with E-state index in [9.17, 15) is 0 Å². The second kappa shape index (κ2) is 5.22. The van der Waals surface area contributed by atoms with Crippen LogP contribution in [0.3, 0.4) is 0 Å². The molecule has 0 rings (SSSR count). The lowest BCUT2D eigenvalue weighted by Gasteiger charge is -2.22. The van der Waals surface area contributed by atoms with Gasteiger partial charge in [0.25, 0.3) is 0 Å². The average Bonchev–Trinajstić information content (AvgIpc) is 1.31. The van der Waals surface area contributed by atoms with Gasteiger partial charge in [0.05, 0.1) is 11.8 Å². The molecule has 0 saturated carbocycles. The maximum atomic E-state index is 5.21. The van der Waals surface area contributed by atoms with Crippen LogP contribution in [0.25, 0.3) is 0 Å². The van der Waals surface area contributed by atoms with Crippen molar-refractivity contribution in [2.45, 2.75) is 18.8 Å². The van der Waals surface area contributed by atoms with Gasteiger partial charge in [0.15, 0.2) is 0 Å². The molecule has 0 aromatic carbocycles. The Morgan fingerprint density at radius 3 is 1.22 bits per heavy atom. The molecule has 0 aliphatic carbocycles. The molecule has 0 spiro atoms. The Hall–Kier alpha value is 0.420. The highest BCUT2D eigenvalue weighted by Crippen LogP contribution is 1.84. The zero-order chi connectivity index (χ0) is 6.08. The van der Waals surface area contributed by atoms with E-state index in [1.54, 1.807) is 6.92 Å². The molecule has 0 aliphatic rings. The standard InChI is InChI=1S/C3H12N4.2ClH/c1-3(6,7)2(4)5;;/h2H,4-7H2,1H3;2*1H. The van der Waals surface area contributed by atoms with Gasteiger partial charge < -0.3 is 22.9 Å². The molecule has 0 aromatic heterocycles. The maximum Gasteiger partial charge on any atom is 0.0896 e. The van der Waals surface area contributed by atoms with Crippen LogP contribution in [0.1, 0.15) is 6.92 Å². The highest BCUT2D eigenvalue weighted by Gasteiger charge is 2.16. The topological polar surface area (TPSA) is 104 Å². The van der Waals surface area contributed by atoms with Crippen molar-refractivity contribution in [1.82, 2.24) is 0 Å². The smallest absolute Gasteiger partial charge is 0.0896 e. The van der Waals surface area contributed by atoms with E-state index in [0.717, 1.165) is 0 Å². The summed E-state index contributed by atoms with van der Waals surface area (Å²) in [5.74, 6) is 0. The molecule has 4 nitrogen and oxygen atoms in total. The number of nitrogens with two attached hydrogens (primary N) is 4. The van der Waals surface area contributed by atoms with Crippen LogP contribution < -0.4 is 22.9 Å². The van der Waals surface area contributed by atoms with Crippen LogP contribution in [0.15, 0.2) is 0 Å². The first-order valence-electron chi connectivity index (χ1n) is 2.03. The molecule has 0 radical (unpaired) electrons. The molecular weight excluding hydrogens is 163 g/mol. The van der Waals surface area contributed by atoms with E-state index in [4.69, 9.17) is 22.9 Å². The quantitative estimate of drug-likeness (QED) is 0.374. The minimum absolute atomic E-state index is 0. The maximum absolute atomic E-state index is 5.21. The van der Waals surface area contributed by atoms with Crippen molar-refractivity contribution >= 4 is 24.8 Å². The van der Waals surface area contributed by atoms with Crippen LogP contribution in [0.2, 0.25) is 0 Å². The minimum Gasteiger partial charge on any atom is -0.313 e. The number of hydrogen-bond acceptors (Lipinski definition) is 4. The van der Waals surface area contributed by atoms with Crippen molar-refractivity contribution in [2.75, 3.05) is 0 Å². The second-order valence-electron chi connectivity index (χ2n) is 1.89. The molecule has 0 saturated heterocycles. The number of rotatable bonds is 1. The van der Waals surface area contributed by atoms with Gasteiger partial charge in [0, 0.05) is 0 Å². The van der Waals surface area contributed by atoms with Crippen LogP contribution >= 0.6 is 24.8 Å². The summed E-state index contributed by atoms with van der Waals surface area (Å²) in [7, 11) is 0. The van der Waals surface area contributed by atoms with E-state index in [1.165, 1.54) is 0 Å². The lowest BCUT2D eigenvalue weighted by Crippen LogP contribution is -2.64. The van der Waals surface area contributed by atoms with Crippen LogP contribution in [-0.4, -0.2) is 11.8 Å². The van der Waals surface area contributed by atoms with Crippen molar-refractivity contribution in [2.24, 2.45) is 22.9 Å². The van der Waals surface area contributed by atoms with E-state index in [1.807, 2.05) is 0 Å². The van der Waals surface area contributed by atoms with Crippen LogP contribution in [0, 0.1) is 0 Å². The van der Waals surface area contributed by atoms with Gasteiger partial charge in [-0.2, -0.15) is 0 Å². The van der Waals surface area contributed by atoms with E-state index >= 15 is 0 Å². The Bertz CT molecular complexity index is 59.3. The molecule has 6 heteroatoms. The summed E-state index contributed by atoms with van der Waals surface area (Å²) in [6.07, 6.45) is -0.646. The predicted molar refractivity (Wildman–Crippen MR) is 43.4 cm³/mol. The molecule has 0 unspecified atom stereocenters. The molecule has 0 fully saturated rings. The van der Waals surface area contributed by atoms with Crippen molar-refractivity contribution < 1.29 is 0 Å². The molecule has 0 bridgehead atoms. The van der Waals surface area contributed by atoms with Gasteiger partial charge in [-0.15, -0.1) is 24.8 Å². The minimum atomic E-state index is -0.944. The monoisotopic (exact) mass is 176 g/mol. The molecule has 0 atom stereocenters. The summed E-state index contributed by atoms with van der Waals surface area (Å²) in [5, 5.41) is 0. The van der Waals surface area contributed by atoms with Crippen molar-refractivity contribution in [3.63, 3.8) is 0 Å². The molecule has 9 heavy (non-hydrogen) atoms. The lowest BCUT2D eigenvalue weighted by molar-refractivity contribution is 0.396. The van der Waals surface area contributed by atoms with Gasteiger partial charge in [0.1, 0.15) is 0 Å². The summed E-state index contributed by atoms with van der Waals surface area (Å²) < 4.78 is 0. The third kappa shape index (κ3) is 8.42. The third-order valence-corrected chi connectivity index (χ3v) is 0.718. The van der Waals surface area contributed by atoms with Crippen molar-refractivity contribution in [3.8, 4) is 0 Å². The molecule has 0 aliphatic heterocycles. The van der Waals surface area contributed by atoms with E-state index in [2.05, 4.69) is 0 Å². The van der Waals surface area contributed by atoms with Crippen LogP contribution in [-0.2, 0) is 0 Å². The zero-order valence-electron chi connectivity index (χ0n) is 5.20. The van der Waals surface area contributed by atoms with Crippen LogP contribution in [0.5, 0.6) is 0 Å². The first kappa shape index (κ1) is 16.2. The summed E-state index contributed by atoms with van der Waals surface area (Å²) in [6, 6.07) is 0. The Balaban J connectivity index is -0.000000180. The molecule has 0 amide bonds. The van der Waals surface area contributed by atoms with Gasteiger partial charge in [0.2, 0.25) is 0 Å². The van der Waals surface area contributed by atoms with E-state index in [0.29, 0.717) is 0 Å². The second-order valence-corrected chi connectivity index (χ2v) is 1.89. The van der Waals surface area contributed by atoms with Crippen molar-refractivity contribution in [3.05, 3.63) is 0 Å². The highest BCUT2D eigenvalue weighted by molar-refractivity contribution is 5.85. The highest BCUT2D eigenvalue weighted by atomic mass is 35.5. The fourth-order valence-electron chi connectivity index (χ4n) is 0. The third-order valence-electron chi connectivity index (χ3n) is 0.718. The SMILES string of the molecule is CC(N)(N)C(N)N.Cl.Cl. The number of hydrogen-bond donors (Lipinski definition) is 4. The zero-order valence-corrected chi connectivity index (χ0v) is 6.84. The Kier molecular flexibility index (Phi) is 9.41. The van der Waals surface area contributed by atoms with E-state index < -0.39 is 11.8 Å². The first-order valence-corrected chi connectivity index (χ1v) is 2.03. The van der Waals surface area contributed by atoms with E-state index in [-0.39, 0.29) is 24.8 Å². The fourth-order valence-corrected chi connectivity index (χ4v) is 0. The lowest BCUT2D eigenvalue weighted by atomic mass is 10.2. The first-order chi connectivity index (χ1) is 2.94. The predicted octanol–water partition coefficient (Wildman–Crippen LogP) is -1.29. The molecule has 8 N–H and O–H groups in total. The molecule has 0 heterocycles. The Morgan fingerprint density at radius 1 is 1.11 bits per heavy atom. The summed E-state index contributed by atoms with van der Waals surface area (Å²) >= 11 is 0. The van der Waals surface area contributed by atoms with Gasteiger partial charge in [-0.05, 0) is 6.92 Å². The average molecular weight is 177 g/mol. The van der Waals surface area contributed by atoms with Gasteiger partial charge in [-0.3, -0.25) is 0 Å². The summed E-state index contributed by atoms with van der Waals surface area (Å²) in [6.45, 7) is 1.57. The Labute approximate surface area is 67.1 Å². The molecule has 60 valence electrons. The van der Waals surface area contributed by atoms with Crippen molar-refractivity contribution in [1.29, 1.82) is 0 Å². The van der Waals surface area contributed by atoms with Crippen LogP contribution in [0.4, 0.5) is 0 Å². The number of halogens is 2. The Morgan fingerprint density at radius 2 is 1.22 bits per heavy atom. The fraction of sp³-hybridized carbons (Fsp3) is 1.00. The molecular formula is C3H14Cl2N4. The van der Waals surface area contributed by atoms with Gasteiger partial charge >= 0.3 is 0 Å². The molecule has 0 aromatic rings. The van der Waals surface area contributed by atoms with Gasteiger partial charge in [-0.1, -0.05) is 0 Å². The summed E-state index contributed by atoms with van der Waals surface area (Å²) in [5.41, 5.74) is 19.7.